The summed E-state index contributed by atoms with van der Waals surface area (Å²) in [6, 6.07) is 2.85. The zero-order valence-corrected chi connectivity index (χ0v) is 10.8. The predicted molar refractivity (Wildman–Crippen MR) is 63.7 cm³/mol. The molecule has 2 rings (SSSR count). The van der Waals surface area contributed by atoms with Crippen LogP contribution in [-0.2, 0) is 16.6 Å². The molecule has 102 valence electrons. The number of aryl methyl sites for hydroxylation is 1. The van der Waals surface area contributed by atoms with Crippen molar-refractivity contribution < 1.29 is 17.2 Å². The van der Waals surface area contributed by atoms with E-state index in [-0.39, 0.29) is 17.1 Å². The molecular formula is C11H11F2N3O2S. The molecule has 0 atom stereocenters. The van der Waals surface area contributed by atoms with Crippen LogP contribution in [0.5, 0.6) is 0 Å². The second kappa shape index (κ2) is 5.06. The Morgan fingerprint density at radius 1 is 1.37 bits per heavy atom. The molecule has 8 heteroatoms. The maximum absolute atomic E-state index is 13.3. The minimum absolute atomic E-state index is 0.0696. The van der Waals surface area contributed by atoms with Gasteiger partial charge in [-0.15, -0.1) is 0 Å². The van der Waals surface area contributed by atoms with E-state index in [2.05, 4.69) is 14.7 Å². The number of nitrogens with zero attached hydrogens (tertiary/aromatic N) is 1. The summed E-state index contributed by atoms with van der Waals surface area (Å²) >= 11 is 0. The van der Waals surface area contributed by atoms with Crippen LogP contribution in [0, 0.1) is 18.6 Å². The second-order valence-corrected chi connectivity index (χ2v) is 5.63. The van der Waals surface area contributed by atoms with E-state index in [1.807, 2.05) is 0 Å². The Hall–Kier alpha value is -1.80. The molecule has 19 heavy (non-hydrogen) atoms. The van der Waals surface area contributed by atoms with E-state index in [4.69, 9.17) is 0 Å². The van der Waals surface area contributed by atoms with Crippen molar-refractivity contribution in [3.63, 3.8) is 0 Å². The molecule has 2 N–H and O–H groups in total. The summed E-state index contributed by atoms with van der Waals surface area (Å²) in [5.74, 6) is -0.866. The molecule has 1 heterocycles. The van der Waals surface area contributed by atoms with Crippen molar-refractivity contribution in [1.29, 1.82) is 0 Å². The van der Waals surface area contributed by atoms with Gasteiger partial charge in [0.15, 0.2) is 5.03 Å². The van der Waals surface area contributed by atoms with Gasteiger partial charge in [-0.2, -0.15) is 0 Å². The van der Waals surface area contributed by atoms with Crippen LogP contribution in [0.4, 0.5) is 8.78 Å². The predicted octanol–water partition coefficient (Wildman–Crippen LogP) is 1.47. The number of rotatable bonds is 4. The Kier molecular flexibility index (Phi) is 3.63. The molecule has 0 aliphatic rings. The number of imidazole rings is 1. The number of hydrogen-bond acceptors (Lipinski definition) is 3. The Labute approximate surface area is 108 Å². The van der Waals surface area contributed by atoms with Gasteiger partial charge in [0.05, 0.1) is 6.20 Å². The van der Waals surface area contributed by atoms with Gasteiger partial charge in [0.1, 0.15) is 17.5 Å². The highest BCUT2D eigenvalue weighted by Crippen LogP contribution is 2.11. The maximum Gasteiger partial charge on any atom is 0.257 e. The van der Waals surface area contributed by atoms with E-state index in [0.29, 0.717) is 5.82 Å². The molecule has 5 nitrogen and oxygen atoms in total. The van der Waals surface area contributed by atoms with Crippen LogP contribution in [0.15, 0.2) is 29.4 Å². The first-order chi connectivity index (χ1) is 8.88. The summed E-state index contributed by atoms with van der Waals surface area (Å²) in [5, 5.41) is -0.123. The fourth-order valence-corrected chi connectivity index (χ4v) is 2.44. The van der Waals surface area contributed by atoms with Crippen LogP contribution in [0.1, 0.15) is 11.4 Å². The van der Waals surface area contributed by atoms with Crippen molar-refractivity contribution in [3.8, 4) is 0 Å². The second-order valence-electron chi connectivity index (χ2n) is 3.89. The number of benzene rings is 1. The smallest absolute Gasteiger partial charge is 0.257 e. The van der Waals surface area contributed by atoms with E-state index in [1.54, 1.807) is 6.92 Å². The SMILES string of the molecule is Cc1ncc(S(=O)(=O)NCc2cc(F)ccc2F)[nH]1. The van der Waals surface area contributed by atoms with Gasteiger partial charge in [0, 0.05) is 12.1 Å². The Bertz CT molecular complexity index is 698. The van der Waals surface area contributed by atoms with Crippen molar-refractivity contribution in [3.05, 3.63) is 47.4 Å². The standard InChI is InChI=1S/C11H11F2N3O2S/c1-7-14-6-11(16-7)19(17,18)15-5-8-4-9(12)2-3-10(8)13/h2-4,6,15H,5H2,1H3,(H,14,16). The van der Waals surface area contributed by atoms with Crippen molar-refractivity contribution in [2.75, 3.05) is 0 Å². The van der Waals surface area contributed by atoms with Crippen LogP contribution < -0.4 is 4.72 Å². The molecule has 1 aromatic heterocycles. The third-order valence-electron chi connectivity index (χ3n) is 2.43. The van der Waals surface area contributed by atoms with Gasteiger partial charge in [-0.05, 0) is 25.1 Å². The van der Waals surface area contributed by atoms with Gasteiger partial charge in [-0.3, -0.25) is 0 Å². The topological polar surface area (TPSA) is 74.8 Å². The van der Waals surface area contributed by atoms with Crippen LogP contribution in [0.2, 0.25) is 0 Å². The highest BCUT2D eigenvalue weighted by molar-refractivity contribution is 7.89. The van der Waals surface area contributed by atoms with Crippen LogP contribution in [0.25, 0.3) is 0 Å². The quantitative estimate of drug-likeness (QED) is 0.894. The van der Waals surface area contributed by atoms with E-state index >= 15 is 0 Å². The van der Waals surface area contributed by atoms with Crippen molar-refractivity contribution in [1.82, 2.24) is 14.7 Å². The number of H-pyrrole nitrogens is 1. The van der Waals surface area contributed by atoms with Gasteiger partial charge < -0.3 is 4.98 Å². The average Bonchev–Trinajstić information content (AvgIpc) is 2.78. The molecule has 1 aromatic carbocycles. The summed E-state index contributed by atoms with van der Waals surface area (Å²) in [6.07, 6.45) is 1.15. The van der Waals surface area contributed by atoms with E-state index in [9.17, 15) is 17.2 Å². The molecule has 0 amide bonds. The fourth-order valence-electron chi connectivity index (χ4n) is 1.46. The first kappa shape index (κ1) is 13.6. The first-order valence-corrected chi connectivity index (χ1v) is 6.82. The minimum Gasteiger partial charge on any atom is -0.332 e. The number of nitrogens with one attached hydrogen (secondary N) is 2. The van der Waals surface area contributed by atoms with Gasteiger partial charge >= 0.3 is 0 Å². The average molecular weight is 287 g/mol. The van der Waals surface area contributed by atoms with Gasteiger partial charge in [0.25, 0.3) is 10.0 Å². The molecular weight excluding hydrogens is 276 g/mol. The molecule has 0 aliphatic carbocycles. The lowest BCUT2D eigenvalue weighted by Crippen LogP contribution is -2.24. The zero-order chi connectivity index (χ0) is 14.0. The van der Waals surface area contributed by atoms with E-state index < -0.39 is 21.7 Å². The Morgan fingerprint density at radius 2 is 2.11 bits per heavy atom. The molecule has 0 spiro atoms. The van der Waals surface area contributed by atoms with E-state index in [0.717, 1.165) is 24.4 Å². The first-order valence-electron chi connectivity index (χ1n) is 5.34. The third-order valence-corrected chi connectivity index (χ3v) is 3.74. The van der Waals surface area contributed by atoms with Crippen molar-refractivity contribution >= 4 is 10.0 Å². The summed E-state index contributed by atoms with van der Waals surface area (Å²) in [7, 11) is -3.82. The van der Waals surface area contributed by atoms with Gasteiger partial charge in [-0.25, -0.2) is 26.9 Å². The maximum atomic E-state index is 13.3. The number of sulfonamides is 1. The largest absolute Gasteiger partial charge is 0.332 e. The number of hydrogen-bond donors (Lipinski definition) is 2. The Balaban J connectivity index is 2.16. The van der Waals surface area contributed by atoms with E-state index in [1.165, 1.54) is 0 Å². The van der Waals surface area contributed by atoms with Crippen LogP contribution in [-0.4, -0.2) is 18.4 Å². The molecule has 0 unspecified atom stereocenters. The van der Waals surface area contributed by atoms with Crippen LogP contribution >= 0.6 is 0 Å². The minimum atomic E-state index is -3.82. The Morgan fingerprint density at radius 3 is 2.74 bits per heavy atom. The summed E-state index contributed by atoms with van der Waals surface area (Å²) in [4.78, 5) is 6.31. The van der Waals surface area contributed by atoms with Gasteiger partial charge in [-0.1, -0.05) is 0 Å². The molecule has 0 bridgehead atoms. The molecule has 0 saturated carbocycles. The summed E-state index contributed by atoms with van der Waals surface area (Å²) in [6.45, 7) is 1.26. The lowest BCUT2D eigenvalue weighted by Gasteiger charge is -2.06. The lowest BCUT2D eigenvalue weighted by molar-refractivity contribution is 0.565. The summed E-state index contributed by atoms with van der Waals surface area (Å²) < 4.78 is 52.1. The zero-order valence-electron chi connectivity index (χ0n) is 9.94. The lowest BCUT2D eigenvalue weighted by atomic mass is 10.2. The highest BCUT2D eigenvalue weighted by atomic mass is 32.2. The molecule has 0 aliphatic heterocycles. The van der Waals surface area contributed by atoms with Crippen LogP contribution in [0.3, 0.4) is 0 Å². The van der Waals surface area contributed by atoms with Gasteiger partial charge in [0.2, 0.25) is 0 Å². The number of aromatic amines is 1. The van der Waals surface area contributed by atoms with Crippen molar-refractivity contribution in [2.24, 2.45) is 0 Å². The van der Waals surface area contributed by atoms with Crippen molar-refractivity contribution in [2.45, 2.75) is 18.5 Å². The molecule has 2 aromatic rings. The fraction of sp³-hybridized carbons (Fsp3) is 0.182. The normalized spacial score (nSPS) is 11.7. The third kappa shape index (κ3) is 3.15. The number of aromatic nitrogens is 2. The molecule has 0 fully saturated rings. The molecule has 0 radical (unpaired) electrons. The monoisotopic (exact) mass is 287 g/mol. The number of halogens is 2. The molecule has 0 saturated heterocycles. The highest BCUT2D eigenvalue weighted by Gasteiger charge is 2.17. The summed E-state index contributed by atoms with van der Waals surface area (Å²) in [5.41, 5.74) is -0.0696.